The van der Waals surface area contributed by atoms with E-state index in [0.29, 0.717) is 33.5 Å². The standard InChI is InChI=1S/C14H16ClN3O3/c1-8-9(7-18(2)17-8)14(19)16-11-6-12(20-3)10(15)5-13(11)21-4/h5-7H,1-4H3,(H,16,19). The Kier molecular flexibility index (Phi) is 4.37. The second kappa shape index (κ2) is 6.05. The van der Waals surface area contributed by atoms with Crippen LogP contribution in [-0.4, -0.2) is 29.9 Å². The molecule has 1 aromatic heterocycles. The zero-order valence-corrected chi connectivity index (χ0v) is 13.0. The number of rotatable bonds is 4. The lowest BCUT2D eigenvalue weighted by molar-refractivity contribution is 0.102. The molecule has 7 heteroatoms. The highest BCUT2D eigenvalue weighted by Crippen LogP contribution is 2.36. The maximum Gasteiger partial charge on any atom is 0.259 e. The Morgan fingerprint density at radius 2 is 1.95 bits per heavy atom. The molecule has 0 spiro atoms. The molecule has 0 fully saturated rings. The highest BCUT2D eigenvalue weighted by molar-refractivity contribution is 6.32. The van der Waals surface area contributed by atoms with Gasteiger partial charge in [0, 0.05) is 25.4 Å². The van der Waals surface area contributed by atoms with Crippen LogP contribution in [0.2, 0.25) is 5.02 Å². The van der Waals surface area contributed by atoms with Gasteiger partial charge < -0.3 is 14.8 Å². The summed E-state index contributed by atoms with van der Waals surface area (Å²) >= 11 is 6.03. The molecule has 1 aromatic carbocycles. The summed E-state index contributed by atoms with van der Waals surface area (Å²) in [7, 11) is 4.77. The number of ether oxygens (including phenoxy) is 2. The van der Waals surface area contributed by atoms with Crippen molar-refractivity contribution in [2.24, 2.45) is 7.05 Å². The van der Waals surface area contributed by atoms with Crippen LogP contribution < -0.4 is 14.8 Å². The summed E-state index contributed by atoms with van der Waals surface area (Å²) in [4.78, 5) is 12.3. The molecule has 0 saturated carbocycles. The Balaban J connectivity index is 2.34. The van der Waals surface area contributed by atoms with Crippen LogP contribution in [0.3, 0.4) is 0 Å². The molecule has 6 nitrogen and oxygen atoms in total. The maximum absolute atomic E-state index is 12.3. The Morgan fingerprint density at radius 3 is 2.48 bits per heavy atom. The van der Waals surface area contributed by atoms with Crippen molar-refractivity contribution in [3.8, 4) is 11.5 Å². The second-order valence-electron chi connectivity index (χ2n) is 4.44. The monoisotopic (exact) mass is 309 g/mol. The zero-order valence-electron chi connectivity index (χ0n) is 12.2. The molecule has 0 saturated heterocycles. The molecule has 0 atom stereocenters. The van der Waals surface area contributed by atoms with Crippen molar-refractivity contribution in [3.05, 3.63) is 34.6 Å². The van der Waals surface area contributed by atoms with E-state index >= 15 is 0 Å². The van der Waals surface area contributed by atoms with E-state index in [4.69, 9.17) is 21.1 Å². The first-order valence-electron chi connectivity index (χ1n) is 6.19. The van der Waals surface area contributed by atoms with Gasteiger partial charge in [-0.3, -0.25) is 9.48 Å². The number of nitrogens with zero attached hydrogens (tertiary/aromatic N) is 2. The lowest BCUT2D eigenvalue weighted by Gasteiger charge is -2.12. The number of methoxy groups -OCH3 is 2. The van der Waals surface area contributed by atoms with Crippen LogP contribution in [0.4, 0.5) is 5.69 Å². The summed E-state index contributed by atoms with van der Waals surface area (Å²) < 4.78 is 12.0. The van der Waals surface area contributed by atoms with Crippen LogP contribution in [0.1, 0.15) is 16.1 Å². The van der Waals surface area contributed by atoms with Crippen molar-refractivity contribution in [3.63, 3.8) is 0 Å². The molecule has 2 rings (SSSR count). The number of hydrogen-bond acceptors (Lipinski definition) is 4. The number of aromatic nitrogens is 2. The summed E-state index contributed by atoms with van der Waals surface area (Å²) in [6, 6.07) is 3.21. The second-order valence-corrected chi connectivity index (χ2v) is 4.85. The lowest BCUT2D eigenvalue weighted by atomic mass is 10.2. The average Bonchev–Trinajstić information content (AvgIpc) is 2.79. The number of anilines is 1. The third-order valence-corrected chi connectivity index (χ3v) is 3.28. The summed E-state index contributed by atoms with van der Waals surface area (Å²) in [6.07, 6.45) is 1.66. The fraction of sp³-hybridized carbons (Fsp3) is 0.286. The Bertz CT molecular complexity index is 682. The van der Waals surface area contributed by atoms with Gasteiger partial charge in [0.15, 0.2) is 0 Å². The lowest BCUT2D eigenvalue weighted by Crippen LogP contribution is -2.13. The van der Waals surface area contributed by atoms with Gasteiger partial charge in [0.25, 0.3) is 5.91 Å². The van der Waals surface area contributed by atoms with Gasteiger partial charge in [0.2, 0.25) is 0 Å². The van der Waals surface area contributed by atoms with E-state index in [0.717, 1.165) is 0 Å². The number of aryl methyl sites for hydroxylation is 2. The summed E-state index contributed by atoms with van der Waals surface area (Å²) in [5, 5.41) is 7.33. The van der Waals surface area contributed by atoms with Gasteiger partial charge in [-0.25, -0.2) is 0 Å². The molecule has 0 bridgehead atoms. The maximum atomic E-state index is 12.3. The number of carbonyl (C=O) groups excluding carboxylic acids is 1. The topological polar surface area (TPSA) is 65.4 Å². The van der Waals surface area contributed by atoms with Gasteiger partial charge >= 0.3 is 0 Å². The molecule has 0 radical (unpaired) electrons. The first-order chi connectivity index (χ1) is 9.96. The van der Waals surface area contributed by atoms with E-state index in [9.17, 15) is 4.79 Å². The Hall–Kier alpha value is -2.21. The predicted molar refractivity (Wildman–Crippen MR) is 80.5 cm³/mol. The molecule has 0 aliphatic heterocycles. The van der Waals surface area contributed by atoms with Gasteiger partial charge in [-0.2, -0.15) is 5.10 Å². The first-order valence-corrected chi connectivity index (χ1v) is 6.57. The van der Waals surface area contributed by atoms with E-state index < -0.39 is 0 Å². The molecule has 1 N–H and O–H groups in total. The largest absolute Gasteiger partial charge is 0.495 e. The van der Waals surface area contributed by atoms with Crippen LogP contribution in [-0.2, 0) is 7.05 Å². The van der Waals surface area contributed by atoms with Crippen molar-refractivity contribution in [2.75, 3.05) is 19.5 Å². The molecule has 1 amide bonds. The van der Waals surface area contributed by atoms with E-state index in [-0.39, 0.29) is 5.91 Å². The highest BCUT2D eigenvalue weighted by Gasteiger charge is 2.16. The van der Waals surface area contributed by atoms with Gasteiger partial charge in [0.1, 0.15) is 11.5 Å². The first kappa shape index (κ1) is 15.2. The fourth-order valence-electron chi connectivity index (χ4n) is 1.97. The summed E-state index contributed by atoms with van der Waals surface area (Å²) in [5.74, 6) is 0.634. The average molecular weight is 310 g/mol. The minimum Gasteiger partial charge on any atom is -0.495 e. The molecule has 112 valence electrons. The molecular formula is C14H16ClN3O3. The molecule has 1 heterocycles. The van der Waals surface area contributed by atoms with Crippen LogP contribution in [0.25, 0.3) is 0 Å². The van der Waals surface area contributed by atoms with Crippen LogP contribution >= 0.6 is 11.6 Å². The number of amides is 1. The SMILES string of the molecule is COc1cc(NC(=O)c2cn(C)nc2C)c(OC)cc1Cl. The van der Waals surface area contributed by atoms with Crippen molar-refractivity contribution in [1.82, 2.24) is 9.78 Å². The highest BCUT2D eigenvalue weighted by atomic mass is 35.5. The smallest absolute Gasteiger partial charge is 0.259 e. The quantitative estimate of drug-likeness (QED) is 0.943. The van der Waals surface area contributed by atoms with Crippen LogP contribution in [0.15, 0.2) is 18.3 Å². The normalized spacial score (nSPS) is 10.3. The number of benzene rings is 1. The van der Waals surface area contributed by atoms with Crippen molar-refractivity contribution in [2.45, 2.75) is 6.92 Å². The fourth-order valence-corrected chi connectivity index (χ4v) is 2.20. The van der Waals surface area contributed by atoms with E-state index in [1.165, 1.54) is 14.2 Å². The number of hydrogen-bond donors (Lipinski definition) is 1. The third-order valence-electron chi connectivity index (χ3n) is 2.98. The third kappa shape index (κ3) is 3.11. The van der Waals surface area contributed by atoms with Gasteiger partial charge in [0.05, 0.1) is 36.2 Å². The molecular weight excluding hydrogens is 294 g/mol. The molecule has 0 aliphatic carbocycles. The van der Waals surface area contributed by atoms with E-state index in [1.807, 2.05) is 0 Å². The van der Waals surface area contributed by atoms with Gasteiger partial charge in [-0.1, -0.05) is 11.6 Å². The number of carbonyl (C=O) groups is 1. The summed E-state index contributed by atoms with van der Waals surface area (Å²) in [6.45, 7) is 1.77. The van der Waals surface area contributed by atoms with Gasteiger partial charge in [-0.05, 0) is 6.92 Å². The van der Waals surface area contributed by atoms with Crippen LogP contribution in [0.5, 0.6) is 11.5 Å². The van der Waals surface area contributed by atoms with Crippen molar-refractivity contribution >= 4 is 23.2 Å². The predicted octanol–water partition coefficient (Wildman–Crippen LogP) is 2.65. The molecule has 0 aliphatic rings. The van der Waals surface area contributed by atoms with Crippen LogP contribution in [0, 0.1) is 6.92 Å². The minimum absolute atomic E-state index is 0.275. The Labute approximate surface area is 127 Å². The summed E-state index contributed by atoms with van der Waals surface area (Å²) in [5.41, 5.74) is 1.62. The molecule has 2 aromatic rings. The van der Waals surface area contributed by atoms with Gasteiger partial charge in [-0.15, -0.1) is 0 Å². The van der Waals surface area contributed by atoms with E-state index in [1.54, 1.807) is 37.0 Å². The molecule has 21 heavy (non-hydrogen) atoms. The van der Waals surface area contributed by atoms with Crippen molar-refractivity contribution in [1.29, 1.82) is 0 Å². The number of nitrogens with one attached hydrogen (secondary N) is 1. The molecule has 0 unspecified atom stereocenters. The zero-order chi connectivity index (χ0) is 15.6. The number of halogens is 1. The van der Waals surface area contributed by atoms with Crippen molar-refractivity contribution < 1.29 is 14.3 Å². The van der Waals surface area contributed by atoms with E-state index in [2.05, 4.69) is 10.4 Å². The Morgan fingerprint density at radius 1 is 1.29 bits per heavy atom. The minimum atomic E-state index is -0.275.